The van der Waals surface area contributed by atoms with Crippen LogP contribution in [-0.2, 0) is 6.42 Å². The molecule has 0 aliphatic carbocycles. The van der Waals surface area contributed by atoms with Crippen LogP contribution in [0.2, 0.25) is 0 Å². The normalized spacial score (nSPS) is 13.0. The fourth-order valence-electron chi connectivity index (χ4n) is 3.54. The summed E-state index contributed by atoms with van der Waals surface area (Å²) in [6.45, 7) is 2.76. The van der Waals surface area contributed by atoms with Gasteiger partial charge in [0.2, 0.25) is 0 Å². The van der Waals surface area contributed by atoms with E-state index in [-0.39, 0.29) is 5.56 Å². The van der Waals surface area contributed by atoms with Gasteiger partial charge in [-0.3, -0.25) is 4.79 Å². The number of benzene rings is 2. The molecule has 0 spiro atoms. The minimum atomic E-state index is -0.0926. The summed E-state index contributed by atoms with van der Waals surface area (Å²) in [5.74, 6) is 1.54. The summed E-state index contributed by atoms with van der Waals surface area (Å²) < 4.78 is 5.56. The molecule has 4 nitrogen and oxygen atoms in total. The number of thiophene rings is 1. The zero-order valence-corrected chi connectivity index (χ0v) is 15.0. The van der Waals surface area contributed by atoms with Gasteiger partial charge in [-0.1, -0.05) is 30.3 Å². The number of hydrogen-bond donors (Lipinski definition) is 1. The molecule has 1 N–H and O–H groups in total. The molecule has 0 saturated carbocycles. The highest BCUT2D eigenvalue weighted by atomic mass is 32.1. The van der Waals surface area contributed by atoms with Crippen LogP contribution in [0, 0.1) is 6.92 Å². The summed E-state index contributed by atoms with van der Waals surface area (Å²) in [6, 6.07) is 16.0. The summed E-state index contributed by atoms with van der Waals surface area (Å²) in [5, 5.41) is 0.673. The molecule has 1 aliphatic heterocycles. The number of fused-ring (bicyclic) bond motifs is 2. The van der Waals surface area contributed by atoms with Gasteiger partial charge >= 0.3 is 0 Å². The number of aromatic amines is 1. The fraction of sp³-hybridized carbons (Fsp3) is 0.143. The van der Waals surface area contributed by atoms with Crippen molar-refractivity contribution in [2.45, 2.75) is 13.3 Å². The van der Waals surface area contributed by atoms with Crippen molar-refractivity contribution in [1.29, 1.82) is 0 Å². The highest BCUT2D eigenvalue weighted by Gasteiger charge is 2.18. The monoisotopic (exact) mass is 360 g/mol. The number of nitrogens with one attached hydrogen (secondary N) is 1. The van der Waals surface area contributed by atoms with Gasteiger partial charge in [-0.05, 0) is 36.2 Å². The summed E-state index contributed by atoms with van der Waals surface area (Å²) in [6.07, 6.45) is 0.895. The maximum Gasteiger partial charge on any atom is 0.260 e. The largest absolute Gasteiger partial charge is 0.493 e. The molecule has 2 aromatic carbocycles. The first kappa shape index (κ1) is 15.3. The van der Waals surface area contributed by atoms with Crippen molar-refractivity contribution >= 4 is 21.6 Å². The van der Waals surface area contributed by atoms with E-state index < -0.39 is 0 Å². The minimum absolute atomic E-state index is 0.0926. The van der Waals surface area contributed by atoms with Crippen LogP contribution < -0.4 is 10.3 Å². The Balaban J connectivity index is 1.71. The van der Waals surface area contributed by atoms with E-state index in [4.69, 9.17) is 9.72 Å². The maximum atomic E-state index is 12.9. The predicted molar refractivity (Wildman–Crippen MR) is 105 cm³/mol. The number of hydrogen-bond acceptors (Lipinski definition) is 4. The Kier molecular flexibility index (Phi) is 3.43. The van der Waals surface area contributed by atoms with Crippen LogP contribution in [0.3, 0.4) is 0 Å². The van der Waals surface area contributed by atoms with Crippen molar-refractivity contribution in [2.24, 2.45) is 0 Å². The Hall–Kier alpha value is -2.92. The van der Waals surface area contributed by atoms with Crippen molar-refractivity contribution in [3.05, 3.63) is 69.3 Å². The molecule has 128 valence electrons. The Morgan fingerprint density at radius 3 is 2.81 bits per heavy atom. The molecule has 0 unspecified atom stereocenters. The number of aryl methyl sites for hydroxylation is 1. The number of H-pyrrole nitrogens is 1. The van der Waals surface area contributed by atoms with E-state index in [0.29, 0.717) is 17.8 Å². The summed E-state index contributed by atoms with van der Waals surface area (Å²) >= 11 is 1.57. The minimum Gasteiger partial charge on any atom is -0.493 e. The summed E-state index contributed by atoms with van der Waals surface area (Å²) in [4.78, 5) is 22.5. The second kappa shape index (κ2) is 5.81. The molecule has 3 heterocycles. The van der Waals surface area contributed by atoms with E-state index in [0.717, 1.165) is 44.1 Å². The molecule has 0 bridgehead atoms. The summed E-state index contributed by atoms with van der Waals surface area (Å²) in [7, 11) is 0. The number of rotatable bonds is 2. The van der Waals surface area contributed by atoms with Crippen molar-refractivity contribution < 1.29 is 4.74 Å². The van der Waals surface area contributed by atoms with Gasteiger partial charge in [0.05, 0.1) is 12.0 Å². The van der Waals surface area contributed by atoms with Crippen LogP contribution in [0.4, 0.5) is 0 Å². The van der Waals surface area contributed by atoms with Crippen molar-refractivity contribution in [3.8, 4) is 28.3 Å². The third-order valence-electron chi connectivity index (χ3n) is 4.76. The van der Waals surface area contributed by atoms with Crippen LogP contribution in [-0.4, -0.2) is 16.6 Å². The first-order valence-electron chi connectivity index (χ1n) is 8.55. The lowest BCUT2D eigenvalue weighted by molar-refractivity contribution is 0.357. The Morgan fingerprint density at radius 2 is 1.96 bits per heavy atom. The van der Waals surface area contributed by atoms with E-state index in [2.05, 4.69) is 11.1 Å². The lowest BCUT2D eigenvalue weighted by atomic mass is 10.0. The zero-order valence-electron chi connectivity index (χ0n) is 14.2. The van der Waals surface area contributed by atoms with Gasteiger partial charge in [-0.15, -0.1) is 11.3 Å². The molecule has 0 fully saturated rings. The van der Waals surface area contributed by atoms with E-state index in [1.54, 1.807) is 11.3 Å². The highest BCUT2D eigenvalue weighted by Crippen LogP contribution is 2.36. The zero-order chi connectivity index (χ0) is 17.7. The Morgan fingerprint density at radius 1 is 1.12 bits per heavy atom. The van der Waals surface area contributed by atoms with Crippen LogP contribution in [0.1, 0.15) is 10.4 Å². The third kappa shape index (κ3) is 2.35. The van der Waals surface area contributed by atoms with Crippen molar-refractivity contribution in [3.63, 3.8) is 0 Å². The van der Waals surface area contributed by atoms with Gasteiger partial charge in [-0.25, -0.2) is 4.98 Å². The average Bonchev–Trinajstić information content (AvgIpc) is 3.25. The van der Waals surface area contributed by atoms with E-state index >= 15 is 0 Å². The molecule has 5 rings (SSSR count). The van der Waals surface area contributed by atoms with Gasteiger partial charge in [0.15, 0.2) is 0 Å². The summed E-state index contributed by atoms with van der Waals surface area (Å²) in [5.41, 5.74) is 4.02. The Bertz CT molecular complexity index is 1190. The molecule has 0 atom stereocenters. The van der Waals surface area contributed by atoms with Crippen LogP contribution in [0.15, 0.2) is 53.3 Å². The van der Waals surface area contributed by atoms with Crippen molar-refractivity contribution in [1.82, 2.24) is 9.97 Å². The third-order valence-corrected chi connectivity index (χ3v) is 5.76. The predicted octanol–water partition coefficient (Wildman–Crippen LogP) is 4.56. The van der Waals surface area contributed by atoms with Gasteiger partial charge in [-0.2, -0.15) is 0 Å². The first-order chi connectivity index (χ1) is 12.7. The fourth-order valence-corrected chi connectivity index (χ4v) is 4.59. The molecule has 4 aromatic rings. The van der Waals surface area contributed by atoms with Gasteiger partial charge in [0.25, 0.3) is 5.56 Å². The lowest BCUT2D eigenvalue weighted by Gasteiger charge is -2.05. The quantitative estimate of drug-likeness (QED) is 0.570. The average molecular weight is 360 g/mol. The molecule has 2 aromatic heterocycles. The Labute approximate surface area is 154 Å². The topological polar surface area (TPSA) is 55.0 Å². The molecular weight excluding hydrogens is 344 g/mol. The second-order valence-electron chi connectivity index (χ2n) is 6.41. The van der Waals surface area contributed by atoms with E-state index in [1.807, 2.05) is 49.4 Å². The van der Waals surface area contributed by atoms with Crippen molar-refractivity contribution in [2.75, 3.05) is 6.61 Å². The van der Waals surface area contributed by atoms with Crippen LogP contribution in [0.25, 0.3) is 32.7 Å². The molecule has 0 radical (unpaired) electrons. The van der Waals surface area contributed by atoms with Crippen LogP contribution >= 0.6 is 11.3 Å². The standard InChI is InChI=1S/C21H16N2O2S/c1-12-17(13-5-3-2-4-6-13)18-20(24)22-19(23-21(18)26-12)15-7-8-16-14(11-15)9-10-25-16/h2-8,11H,9-10H2,1H3,(H,22,23,24). The van der Waals surface area contributed by atoms with E-state index in [1.165, 1.54) is 0 Å². The van der Waals surface area contributed by atoms with E-state index in [9.17, 15) is 4.79 Å². The van der Waals surface area contributed by atoms with Gasteiger partial charge in [0.1, 0.15) is 16.4 Å². The molecule has 1 aliphatic rings. The molecule has 5 heteroatoms. The highest BCUT2D eigenvalue weighted by molar-refractivity contribution is 7.19. The SMILES string of the molecule is Cc1sc2nc(-c3ccc4c(c3)CCO4)[nH]c(=O)c2c1-c1ccccc1. The number of nitrogens with zero attached hydrogens (tertiary/aromatic N) is 1. The number of ether oxygens (including phenoxy) is 1. The van der Waals surface area contributed by atoms with Gasteiger partial charge in [0, 0.05) is 22.4 Å². The molecule has 0 saturated heterocycles. The molecule has 26 heavy (non-hydrogen) atoms. The first-order valence-corrected chi connectivity index (χ1v) is 9.37. The lowest BCUT2D eigenvalue weighted by Crippen LogP contribution is -2.09. The van der Waals surface area contributed by atoms with Gasteiger partial charge < -0.3 is 9.72 Å². The smallest absolute Gasteiger partial charge is 0.260 e. The second-order valence-corrected chi connectivity index (χ2v) is 7.62. The number of aromatic nitrogens is 2. The molecule has 0 amide bonds. The maximum absolute atomic E-state index is 12.9. The molecular formula is C21H16N2O2S. The van der Waals surface area contributed by atoms with Crippen LogP contribution in [0.5, 0.6) is 5.75 Å².